The number of rotatable bonds is 4. The molecule has 2 aliphatic heterocycles. The van der Waals surface area contributed by atoms with E-state index in [1.54, 1.807) is 36.6 Å². The summed E-state index contributed by atoms with van der Waals surface area (Å²) < 4.78 is 16.7. The molecule has 4 N–H and O–H groups in total. The smallest absolute Gasteiger partial charge is 0.290 e. The number of fused-ring (bicyclic) bond motifs is 1. The Kier molecular flexibility index (Phi) is 8.59. The molecule has 9 nitrogen and oxygen atoms in total. The summed E-state index contributed by atoms with van der Waals surface area (Å²) in [5, 5.41) is 16.9. The fourth-order valence-electron chi connectivity index (χ4n) is 5.10. The molecule has 0 atom stereocenters. The van der Waals surface area contributed by atoms with Crippen molar-refractivity contribution in [2.45, 2.75) is 46.5 Å². The lowest BCUT2D eigenvalue weighted by molar-refractivity contribution is 0.570. The largest absolute Gasteiger partial charge is 0.401 e. The number of benzene rings is 2. The minimum absolute atomic E-state index is 0.195. The van der Waals surface area contributed by atoms with E-state index in [0.29, 0.717) is 34.0 Å². The lowest BCUT2D eigenvalue weighted by Gasteiger charge is -2.30. The van der Waals surface area contributed by atoms with E-state index in [9.17, 15) is 4.79 Å². The minimum atomic E-state index is -0.326. The third-order valence-corrected chi connectivity index (χ3v) is 7.74. The highest BCUT2D eigenvalue weighted by Crippen LogP contribution is 2.38. The van der Waals surface area contributed by atoms with E-state index in [2.05, 4.69) is 53.2 Å². The van der Waals surface area contributed by atoms with Gasteiger partial charge in [-0.05, 0) is 66.3 Å². The summed E-state index contributed by atoms with van der Waals surface area (Å²) in [4.78, 5) is 17.2. The van der Waals surface area contributed by atoms with Gasteiger partial charge >= 0.3 is 0 Å². The highest BCUT2D eigenvalue weighted by Gasteiger charge is 2.26. The highest BCUT2D eigenvalue weighted by atomic mass is 19.1. The second-order valence-electron chi connectivity index (χ2n) is 12.3. The van der Waals surface area contributed by atoms with Crippen molar-refractivity contribution in [1.82, 2.24) is 20.1 Å². The van der Waals surface area contributed by atoms with Gasteiger partial charge in [0.15, 0.2) is 0 Å². The first-order chi connectivity index (χ1) is 21.3. The van der Waals surface area contributed by atoms with Gasteiger partial charge in [0.2, 0.25) is 0 Å². The number of nitrogens with zero attached hydrogens (tertiary/aromatic N) is 5. The zero-order chi connectivity index (χ0) is 32.5. The molecule has 0 fully saturated rings. The number of nitrogens with one attached hydrogen (secondary N) is 2. The molecule has 4 aromatic rings. The maximum atomic E-state index is 15.4. The van der Waals surface area contributed by atoms with Gasteiger partial charge in [0, 0.05) is 54.8 Å². The molecule has 0 spiro atoms. The molecule has 0 saturated heterocycles. The molecule has 0 amide bonds. The summed E-state index contributed by atoms with van der Waals surface area (Å²) >= 11 is 0. The van der Waals surface area contributed by atoms with E-state index < -0.39 is 0 Å². The monoisotopic (exact) mass is 606 g/mol. The maximum Gasteiger partial charge on any atom is 0.290 e. The lowest BCUT2D eigenvalue weighted by atomic mass is 9.84. The Labute approximate surface area is 263 Å². The van der Waals surface area contributed by atoms with E-state index in [4.69, 9.17) is 5.73 Å². The number of aryl methyl sites for hydroxylation is 2. The Balaban J connectivity index is 0.000000598. The number of halogens is 1. The normalized spacial score (nSPS) is 13.9. The van der Waals surface area contributed by atoms with Gasteiger partial charge in [-0.3, -0.25) is 4.79 Å². The first-order valence-electron chi connectivity index (χ1n) is 14.8. The van der Waals surface area contributed by atoms with Gasteiger partial charge in [-0.2, -0.15) is 10.2 Å². The summed E-state index contributed by atoms with van der Waals surface area (Å²) in [6.45, 7) is 15.3. The van der Waals surface area contributed by atoms with Crippen LogP contribution in [0.2, 0.25) is 0 Å². The molecule has 2 aromatic carbocycles. The summed E-state index contributed by atoms with van der Waals surface area (Å²) in [6.07, 6.45) is 6.27. The number of nitrogens with two attached hydrogens (primary N) is 1. The van der Waals surface area contributed by atoms with Crippen LogP contribution in [0.25, 0.3) is 17.0 Å². The molecular formula is C35H39FN8O. The van der Waals surface area contributed by atoms with Gasteiger partial charge in [0.25, 0.3) is 5.56 Å². The average molecular weight is 607 g/mol. The van der Waals surface area contributed by atoms with Crippen LogP contribution in [-0.4, -0.2) is 27.5 Å². The molecule has 0 saturated carbocycles. The topological polar surface area (TPSA) is 113 Å². The predicted molar refractivity (Wildman–Crippen MR) is 181 cm³/mol. The number of aromatic nitrogens is 3. The van der Waals surface area contributed by atoms with Crippen LogP contribution in [0.3, 0.4) is 0 Å². The lowest BCUT2D eigenvalue weighted by Crippen LogP contribution is -2.24. The Morgan fingerprint density at radius 1 is 1.11 bits per heavy atom. The van der Waals surface area contributed by atoms with E-state index in [1.165, 1.54) is 4.68 Å². The Morgan fingerprint density at radius 3 is 2.51 bits per heavy atom. The second kappa shape index (κ2) is 12.4. The first kappa shape index (κ1) is 31.2. The van der Waals surface area contributed by atoms with Gasteiger partial charge < -0.3 is 16.4 Å². The van der Waals surface area contributed by atoms with Crippen LogP contribution in [0.1, 0.15) is 55.0 Å². The molecule has 232 valence electrons. The van der Waals surface area contributed by atoms with E-state index in [-0.39, 0.29) is 16.8 Å². The SMILES string of the molecule is C=C1c2c(F)cc(C(C)(C)C)cc2C=NN1c1cccc(-c2cc(Nc3ccc(C)cn3)c(=O)n(C)n2)c1C.NC1=CNCC1. The molecule has 10 heteroatoms. The number of hydrogen-bond acceptors (Lipinski definition) is 8. The van der Waals surface area contributed by atoms with Crippen LogP contribution in [0, 0.1) is 19.7 Å². The van der Waals surface area contributed by atoms with Crippen molar-refractivity contribution < 1.29 is 4.39 Å². The summed E-state index contributed by atoms with van der Waals surface area (Å²) in [5.41, 5.74) is 12.7. The molecule has 0 radical (unpaired) electrons. The number of hydrazone groups is 1. The molecule has 0 aliphatic carbocycles. The molecule has 6 rings (SSSR count). The molecular weight excluding hydrogens is 567 g/mol. The first-order valence-corrected chi connectivity index (χ1v) is 14.8. The van der Waals surface area contributed by atoms with Crippen LogP contribution in [0.4, 0.5) is 21.6 Å². The van der Waals surface area contributed by atoms with E-state index in [1.807, 2.05) is 56.4 Å². The van der Waals surface area contributed by atoms with E-state index >= 15 is 4.39 Å². The second-order valence-corrected chi connectivity index (χ2v) is 12.3. The van der Waals surface area contributed by atoms with Crippen molar-refractivity contribution in [3.05, 3.63) is 117 Å². The molecule has 0 bridgehead atoms. The van der Waals surface area contributed by atoms with Crippen molar-refractivity contribution in [2.75, 3.05) is 16.9 Å². The van der Waals surface area contributed by atoms with Crippen molar-refractivity contribution in [1.29, 1.82) is 0 Å². The van der Waals surface area contributed by atoms with Crippen LogP contribution in [-0.2, 0) is 12.5 Å². The molecule has 45 heavy (non-hydrogen) atoms. The van der Waals surface area contributed by atoms with Gasteiger partial charge in [0.05, 0.1) is 23.3 Å². The summed E-state index contributed by atoms with van der Waals surface area (Å²) in [6, 6.07) is 14.7. The fourth-order valence-corrected chi connectivity index (χ4v) is 5.10. The summed E-state index contributed by atoms with van der Waals surface area (Å²) in [5.74, 6) is 0.238. The zero-order valence-electron chi connectivity index (χ0n) is 26.6. The van der Waals surface area contributed by atoms with Crippen molar-refractivity contribution in [3.8, 4) is 11.3 Å². The molecule has 4 heterocycles. The van der Waals surface area contributed by atoms with Crippen LogP contribution < -0.4 is 26.9 Å². The standard InChI is InChI=1S/C31H31FN6O.C4H8N2/c1-18-11-12-28(33-16-18)35-26-15-25(36-37(7)30(26)39)23-9-8-10-27(19(23)2)38-20(3)29-21(17-34-38)13-22(14-24(29)32)31(4,5)6;5-4-1-2-6-3-4/h8-17H,3H2,1-2,4-7H3,(H,33,35);3,6H,1-2,5H2. The summed E-state index contributed by atoms with van der Waals surface area (Å²) in [7, 11) is 1.61. The minimum Gasteiger partial charge on any atom is -0.401 e. The molecule has 0 unspecified atom stereocenters. The Bertz CT molecular complexity index is 1880. The third-order valence-electron chi connectivity index (χ3n) is 7.74. The average Bonchev–Trinajstić information content (AvgIpc) is 3.47. The zero-order valence-corrected chi connectivity index (χ0v) is 26.6. The van der Waals surface area contributed by atoms with Gasteiger partial charge in [-0.25, -0.2) is 19.1 Å². The van der Waals surface area contributed by atoms with Gasteiger partial charge in [0.1, 0.15) is 17.3 Å². The third kappa shape index (κ3) is 6.64. The fraction of sp³-hybridized carbons (Fsp3) is 0.257. The highest BCUT2D eigenvalue weighted by molar-refractivity contribution is 5.97. The van der Waals surface area contributed by atoms with Gasteiger partial charge in [-0.1, -0.05) is 45.5 Å². The Morgan fingerprint density at radius 2 is 1.89 bits per heavy atom. The molecule has 2 aliphatic rings. The van der Waals surface area contributed by atoms with Crippen LogP contribution >= 0.6 is 0 Å². The maximum absolute atomic E-state index is 15.4. The van der Waals surface area contributed by atoms with Crippen LogP contribution in [0.5, 0.6) is 0 Å². The van der Waals surface area contributed by atoms with Gasteiger partial charge in [-0.15, -0.1) is 0 Å². The van der Waals surface area contributed by atoms with Crippen LogP contribution in [0.15, 0.2) is 83.1 Å². The predicted octanol–water partition coefficient (Wildman–Crippen LogP) is 6.24. The number of pyridine rings is 1. The Hall–Kier alpha value is -5.25. The van der Waals surface area contributed by atoms with Crippen molar-refractivity contribution in [3.63, 3.8) is 0 Å². The van der Waals surface area contributed by atoms with E-state index in [0.717, 1.165) is 46.6 Å². The number of hydrogen-bond donors (Lipinski definition) is 3. The number of anilines is 3. The quantitative estimate of drug-likeness (QED) is 0.252. The van der Waals surface area contributed by atoms with Crippen molar-refractivity contribution >= 4 is 29.1 Å². The van der Waals surface area contributed by atoms with Crippen molar-refractivity contribution in [2.24, 2.45) is 17.9 Å². The molecule has 2 aromatic heterocycles.